The molecule has 19 heavy (non-hydrogen) atoms. The van der Waals surface area contributed by atoms with Crippen LogP contribution in [0.25, 0.3) is 0 Å². The Labute approximate surface area is 112 Å². The Morgan fingerprint density at radius 2 is 2.16 bits per heavy atom. The summed E-state index contributed by atoms with van der Waals surface area (Å²) in [5.41, 5.74) is 0.468. The number of amides is 1. The number of carbonyl (C=O) groups excluding carboxylic acids is 1. The van der Waals surface area contributed by atoms with Gasteiger partial charge in [-0.3, -0.25) is 4.79 Å². The topological polar surface area (TPSA) is 59.0 Å². The van der Waals surface area contributed by atoms with Gasteiger partial charge in [-0.05, 0) is 31.0 Å². The van der Waals surface area contributed by atoms with Gasteiger partial charge in [0, 0.05) is 13.1 Å². The number of carbonyl (C=O) groups is 1. The van der Waals surface area contributed by atoms with Crippen LogP contribution in [0.15, 0.2) is 18.2 Å². The van der Waals surface area contributed by atoms with E-state index >= 15 is 0 Å². The maximum atomic E-state index is 12.5. The van der Waals surface area contributed by atoms with Gasteiger partial charge >= 0.3 is 0 Å². The van der Waals surface area contributed by atoms with E-state index in [1.165, 1.54) is 7.11 Å². The number of likely N-dealkylation sites (tertiary alicyclic amines) is 1. The van der Waals surface area contributed by atoms with Crippen LogP contribution in [0, 0.1) is 0 Å². The van der Waals surface area contributed by atoms with Gasteiger partial charge in [0.2, 0.25) is 0 Å². The van der Waals surface area contributed by atoms with Crippen LogP contribution in [0.1, 0.15) is 23.2 Å². The van der Waals surface area contributed by atoms with E-state index in [1.54, 1.807) is 30.2 Å². The van der Waals surface area contributed by atoms with Crippen LogP contribution in [-0.4, -0.2) is 49.3 Å². The van der Waals surface area contributed by atoms with Crippen molar-refractivity contribution in [3.63, 3.8) is 0 Å². The monoisotopic (exact) mass is 265 g/mol. The first-order valence-electron chi connectivity index (χ1n) is 6.35. The standard InChI is InChI=1S/C14H19NO4/c1-18-11-5-6-13(19-2)12(8-11)14(17)15-7-3-4-10(16)9-15/h5-6,8,10,16H,3-4,7,9H2,1-2H3. The van der Waals surface area contributed by atoms with Crippen LogP contribution in [0.2, 0.25) is 0 Å². The Morgan fingerprint density at radius 1 is 1.37 bits per heavy atom. The fourth-order valence-electron chi connectivity index (χ4n) is 2.29. The molecule has 0 aromatic heterocycles. The number of aliphatic hydroxyl groups excluding tert-OH is 1. The van der Waals surface area contributed by atoms with Crippen molar-refractivity contribution in [2.24, 2.45) is 0 Å². The molecule has 1 heterocycles. The number of nitrogens with zero attached hydrogens (tertiary/aromatic N) is 1. The number of benzene rings is 1. The van der Waals surface area contributed by atoms with Gasteiger partial charge in [-0.15, -0.1) is 0 Å². The molecule has 0 aliphatic carbocycles. The second-order valence-corrected chi connectivity index (χ2v) is 4.61. The van der Waals surface area contributed by atoms with E-state index in [4.69, 9.17) is 9.47 Å². The summed E-state index contributed by atoms with van der Waals surface area (Å²) in [6, 6.07) is 5.13. The molecule has 1 saturated heterocycles. The van der Waals surface area contributed by atoms with Crippen molar-refractivity contribution in [2.45, 2.75) is 18.9 Å². The van der Waals surface area contributed by atoms with E-state index in [-0.39, 0.29) is 5.91 Å². The lowest BCUT2D eigenvalue weighted by Gasteiger charge is -2.30. The molecule has 5 nitrogen and oxygen atoms in total. The Bertz CT molecular complexity index is 461. The van der Waals surface area contributed by atoms with E-state index in [2.05, 4.69) is 0 Å². The van der Waals surface area contributed by atoms with Crippen LogP contribution in [0.4, 0.5) is 0 Å². The highest BCUT2D eigenvalue weighted by atomic mass is 16.5. The number of hydrogen-bond donors (Lipinski definition) is 1. The van der Waals surface area contributed by atoms with E-state index < -0.39 is 6.10 Å². The first-order chi connectivity index (χ1) is 9.15. The van der Waals surface area contributed by atoms with Gasteiger partial charge in [0.15, 0.2) is 0 Å². The maximum absolute atomic E-state index is 12.5. The molecule has 1 N–H and O–H groups in total. The third-order valence-corrected chi connectivity index (χ3v) is 3.32. The Kier molecular flexibility index (Phi) is 4.27. The highest BCUT2D eigenvalue weighted by molar-refractivity contribution is 5.97. The molecule has 1 unspecified atom stereocenters. The highest BCUT2D eigenvalue weighted by Crippen LogP contribution is 2.26. The molecule has 1 atom stereocenters. The molecule has 0 bridgehead atoms. The molecule has 1 aromatic rings. The number of methoxy groups -OCH3 is 2. The Morgan fingerprint density at radius 3 is 2.79 bits per heavy atom. The zero-order chi connectivity index (χ0) is 13.8. The van der Waals surface area contributed by atoms with Crippen molar-refractivity contribution in [2.75, 3.05) is 27.3 Å². The van der Waals surface area contributed by atoms with Gasteiger partial charge in [0.1, 0.15) is 11.5 Å². The highest BCUT2D eigenvalue weighted by Gasteiger charge is 2.25. The third-order valence-electron chi connectivity index (χ3n) is 3.32. The predicted octanol–water partition coefficient (Wildman–Crippen LogP) is 1.30. The van der Waals surface area contributed by atoms with E-state index in [1.807, 2.05) is 0 Å². The lowest BCUT2D eigenvalue weighted by atomic mass is 10.1. The van der Waals surface area contributed by atoms with Crippen LogP contribution < -0.4 is 9.47 Å². The van der Waals surface area contributed by atoms with Gasteiger partial charge in [0.05, 0.1) is 25.9 Å². The molecule has 0 saturated carbocycles. The lowest BCUT2D eigenvalue weighted by molar-refractivity contribution is 0.0471. The van der Waals surface area contributed by atoms with Gasteiger partial charge in [-0.2, -0.15) is 0 Å². The van der Waals surface area contributed by atoms with Crippen LogP contribution in [0.5, 0.6) is 11.5 Å². The maximum Gasteiger partial charge on any atom is 0.257 e. The molecule has 2 rings (SSSR count). The van der Waals surface area contributed by atoms with Crippen LogP contribution in [-0.2, 0) is 0 Å². The number of ether oxygens (including phenoxy) is 2. The molecule has 104 valence electrons. The van der Waals surface area contributed by atoms with Crippen molar-refractivity contribution in [3.05, 3.63) is 23.8 Å². The van der Waals surface area contributed by atoms with E-state index in [0.29, 0.717) is 30.2 Å². The first kappa shape index (κ1) is 13.7. The zero-order valence-electron chi connectivity index (χ0n) is 11.3. The number of β-amino-alcohol motifs (C(OH)–C–C–N with tert-alkyl or cyclic N) is 1. The van der Waals surface area contributed by atoms with E-state index in [0.717, 1.165) is 12.8 Å². The molecule has 1 aliphatic heterocycles. The molecule has 1 fully saturated rings. The summed E-state index contributed by atoms with van der Waals surface area (Å²) in [4.78, 5) is 14.1. The van der Waals surface area contributed by atoms with Crippen LogP contribution >= 0.6 is 0 Å². The molecular formula is C14H19NO4. The fourth-order valence-corrected chi connectivity index (χ4v) is 2.29. The summed E-state index contributed by atoms with van der Waals surface area (Å²) in [6.45, 7) is 1.04. The first-order valence-corrected chi connectivity index (χ1v) is 6.35. The summed E-state index contributed by atoms with van der Waals surface area (Å²) < 4.78 is 10.4. The van der Waals surface area contributed by atoms with Crippen molar-refractivity contribution >= 4 is 5.91 Å². The summed E-state index contributed by atoms with van der Waals surface area (Å²) in [7, 11) is 3.09. The Balaban J connectivity index is 2.26. The van der Waals surface area contributed by atoms with Crippen molar-refractivity contribution in [1.29, 1.82) is 0 Å². The molecule has 0 spiro atoms. The van der Waals surface area contributed by atoms with Gasteiger partial charge < -0.3 is 19.5 Å². The number of rotatable bonds is 3. The molecule has 1 aliphatic rings. The van der Waals surface area contributed by atoms with Gasteiger partial charge in [-0.25, -0.2) is 0 Å². The smallest absolute Gasteiger partial charge is 0.257 e. The Hall–Kier alpha value is -1.75. The number of hydrogen-bond acceptors (Lipinski definition) is 4. The largest absolute Gasteiger partial charge is 0.497 e. The second-order valence-electron chi connectivity index (χ2n) is 4.61. The molecule has 5 heteroatoms. The molecule has 1 aromatic carbocycles. The SMILES string of the molecule is COc1ccc(OC)c(C(=O)N2CCCC(O)C2)c1. The van der Waals surface area contributed by atoms with Gasteiger partial charge in [-0.1, -0.05) is 0 Å². The normalized spacial score (nSPS) is 19.1. The van der Waals surface area contributed by atoms with Crippen molar-refractivity contribution < 1.29 is 19.4 Å². The summed E-state index contributed by atoms with van der Waals surface area (Å²) >= 11 is 0. The quantitative estimate of drug-likeness (QED) is 0.895. The van der Waals surface area contributed by atoms with Gasteiger partial charge in [0.25, 0.3) is 5.91 Å². The molecule has 1 amide bonds. The molecular weight excluding hydrogens is 246 g/mol. The minimum Gasteiger partial charge on any atom is -0.497 e. The number of aliphatic hydroxyl groups is 1. The van der Waals surface area contributed by atoms with Crippen molar-refractivity contribution in [1.82, 2.24) is 4.90 Å². The minimum absolute atomic E-state index is 0.130. The van der Waals surface area contributed by atoms with Crippen LogP contribution in [0.3, 0.4) is 0 Å². The third kappa shape index (κ3) is 2.98. The summed E-state index contributed by atoms with van der Waals surface area (Å²) in [6.07, 6.45) is 1.13. The minimum atomic E-state index is -0.436. The summed E-state index contributed by atoms with van der Waals surface area (Å²) in [5.74, 6) is 1.00. The van der Waals surface area contributed by atoms with Crippen molar-refractivity contribution in [3.8, 4) is 11.5 Å². The average molecular weight is 265 g/mol. The average Bonchev–Trinajstić information content (AvgIpc) is 2.45. The zero-order valence-corrected chi connectivity index (χ0v) is 11.3. The number of piperidine rings is 1. The predicted molar refractivity (Wildman–Crippen MR) is 70.7 cm³/mol. The second kappa shape index (κ2) is 5.93. The summed E-state index contributed by atoms with van der Waals surface area (Å²) in [5, 5.41) is 9.65. The molecule has 0 radical (unpaired) electrons. The lowest BCUT2D eigenvalue weighted by Crippen LogP contribution is -2.42. The fraction of sp³-hybridized carbons (Fsp3) is 0.500. The van der Waals surface area contributed by atoms with E-state index in [9.17, 15) is 9.90 Å².